The summed E-state index contributed by atoms with van der Waals surface area (Å²) in [5.41, 5.74) is 0.888. The van der Waals surface area contributed by atoms with Crippen LogP contribution in [0, 0.1) is 5.92 Å². The van der Waals surface area contributed by atoms with Gasteiger partial charge in [0.1, 0.15) is 6.04 Å². The molecule has 1 fully saturated rings. The number of nitrogens with one attached hydrogen (secondary N) is 1. The molecule has 23 heavy (non-hydrogen) atoms. The second-order valence-electron chi connectivity index (χ2n) is 5.85. The van der Waals surface area contributed by atoms with E-state index in [0.29, 0.717) is 19.6 Å². The van der Waals surface area contributed by atoms with Crippen molar-refractivity contribution in [1.29, 1.82) is 0 Å². The highest BCUT2D eigenvalue weighted by Gasteiger charge is 2.28. The molecule has 0 aromatic heterocycles. The molecule has 0 bridgehead atoms. The molecule has 2 atom stereocenters. The fraction of sp³-hybridized carbons (Fsp3) is 0.333. The third kappa shape index (κ3) is 3.68. The Balaban J connectivity index is 1.72. The number of fused-ring (bicyclic) bond motifs is 1. The van der Waals surface area contributed by atoms with Crippen molar-refractivity contribution in [3.8, 4) is 0 Å². The highest BCUT2D eigenvalue weighted by Crippen LogP contribution is 2.17. The molecule has 0 unspecified atom stereocenters. The van der Waals surface area contributed by atoms with Gasteiger partial charge in [-0.15, -0.1) is 0 Å². The Morgan fingerprint density at radius 2 is 2.00 bits per heavy atom. The van der Waals surface area contributed by atoms with E-state index < -0.39 is 12.0 Å². The van der Waals surface area contributed by atoms with Gasteiger partial charge in [-0.05, 0) is 22.8 Å². The molecular weight excluding hydrogens is 294 g/mol. The third-order valence-corrected chi connectivity index (χ3v) is 4.17. The minimum atomic E-state index is -1.02. The number of aliphatic carboxylic acids is 1. The zero-order valence-electron chi connectivity index (χ0n) is 12.7. The van der Waals surface area contributed by atoms with Crippen LogP contribution in [0.2, 0.25) is 0 Å². The van der Waals surface area contributed by atoms with Gasteiger partial charge in [-0.1, -0.05) is 42.5 Å². The Morgan fingerprint density at radius 3 is 2.70 bits per heavy atom. The van der Waals surface area contributed by atoms with E-state index >= 15 is 0 Å². The molecule has 2 aromatic rings. The average Bonchev–Trinajstić information content (AvgIpc) is 3.08. The molecule has 3 rings (SSSR count). The van der Waals surface area contributed by atoms with Crippen LogP contribution in [0.4, 0.5) is 0 Å². The number of carbonyl (C=O) groups excluding carboxylic acids is 1. The first-order chi connectivity index (χ1) is 11.1. The molecule has 0 spiro atoms. The maximum Gasteiger partial charge on any atom is 0.326 e. The van der Waals surface area contributed by atoms with Crippen molar-refractivity contribution in [2.24, 2.45) is 5.92 Å². The number of hydrogen-bond acceptors (Lipinski definition) is 3. The van der Waals surface area contributed by atoms with Crippen molar-refractivity contribution in [1.82, 2.24) is 5.32 Å². The van der Waals surface area contributed by atoms with Crippen molar-refractivity contribution >= 4 is 22.6 Å². The standard InChI is InChI=1S/C18H19NO4/c20-17(15-7-8-23-11-15)19-16(18(21)22)10-12-5-6-13-3-1-2-4-14(13)9-12/h1-6,9,15-16H,7-8,10-11H2,(H,19,20)(H,21,22)/t15-,16+/m1/s1. The summed E-state index contributed by atoms with van der Waals surface area (Å²) in [5, 5.41) is 14.2. The van der Waals surface area contributed by atoms with Crippen molar-refractivity contribution in [2.75, 3.05) is 13.2 Å². The van der Waals surface area contributed by atoms with Crippen molar-refractivity contribution < 1.29 is 19.4 Å². The van der Waals surface area contributed by atoms with Gasteiger partial charge in [0.15, 0.2) is 0 Å². The number of carbonyl (C=O) groups is 2. The number of hydrogen-bond donors (Lipinski definition) is 2. The minimum Gasteiger partial charge on any atom is -0.480 e. The van der Waals surface area contributed by atoms with Gasteiger partial charge in [0, 0.05) is 13.0 Å². The molecule has 2 aromatic carbocycles. The summed E-state index contributed by atoms with van der Waals surface area (Å²) in [6.45, 7) is 0.925. The molecule has 2 N–H and O–H groups in total. The Labute approximate surface area is 134 Å². The first kappa shape index (κ1) is 15.5. The van der Waals surface area contributed by atoms with E-state index in [0.717, 1.165) is 16.3 Å². The monoisotopic (exact) mass is 313 g/mol. The van der Waals surface area contributed by atoms with E-state index in [1.807, 2.05) is 42.5 Å². The van der Waals surface area contributed by atoms with E-state index in [-0.39, 0.29) is 18.2 Å². The second-order valence-corrected chi connectivity index (χ2v) is 5.85. The summed E-state index contributed by atoms with van der Waals surface area (Å²) in [6, 6.07) is 12.8. The Morgan fingerprint density at radius 1 is 1.22 bits per heavy atom. The summed E-state index contributed by atoms with van der Waals surface area (Å²) in [6.07, 6.45) is 0.910. The summed E-state index contributed by atoms with van der Waals surface area (Å²) >= 11 is 0. The number of amides is 1. The van der Waals surface area contributed by atoms with Crippen LogP contribution >= 0.6 is 0 Å². The lowest BCUT2D eigenvalue weighted by Crippen LogP contribution is -2.45. The molecule has 0 saturated carbocycles. The largest absolute Gasteiger partial charge is 0.480 e. The number of benzene rings is 2. The summed E-state index contributed by atoms with van der Waals surface area (Å²) in [7, 11) is 0. The predicted molar refractivity (Wildman–Crippen MR) is 86.1 cm³/mol. The first-order valence-electron chi connectivity index (χ1n) is 7.72. The summed E-state index contributed by atoms with van der Waals surface area (Å²) < 4.78 is 5.18. The minimum absolute atomic E-state index is 0.240. The Kier molecular flexibility index (Phi) is 4.57. The maximum absolute atomic E-state index is 12.1. The quantitative estimate of drug-likeness (QED) is 0.885. The molecule has 1 aliphatic rings. The van der Waals surface area contributed by atoms with Crippen LogP contribution in [0.1, 0.15) is 12.0 Å². The highest BCUT2D eigenvalue weighted by atomic mass is 16.5. The van der Waals surface area contributed by atoms with Crippen molar-refractivity contribution in [3.05, 3.63) is 48.0 Å². The molecule has 0 radical (unpaired) electrons. The average molecular weight is 313 g/mol. The zero-order valence-corrected chi connectivity index (χ0v) is 12.7. The summed E-state index contributed by atoms with van der Waals surface area (Å²) in [5.74, 6) is -1.51. The fourth-order valence-corrected chi connectivity index (χ4v) is 2.83. The predicted octanol–water partition coefficient (Wildman–Crippen LogP) is 1.99. The van der Waals surface area contributed by atoms with Crippen LogP contribution in [0.5, 0.6) is 0 Å². The molecule has 1 saturated heterocycles. The van der Waals surface area contributed by atoms with Gasteiger partial charge in [0.2, 0.25) is 5.91 Å². The number of rotatable bonds is 5. The van der Waals surface area contributed by atoms with Crippen molar-refractivity contribution in [2.45, 2.75) is 18.9 Å². The van der Waals surface area contributed by atoms with Gasteiger partial charge in [-0.25, -0.2) is 4.79 Å². The van der Waals surface area contributed by atoms with Gasteiger partial charge in [-0.2, -0.15) is 0 Å². The van der Waals surface area contributed by atoms with Crippen LogP contribution < -0.4 is 5.32 Å². The third-order valence-electron chi connectivity index (χ3n) is 4.17. The van der Waals surface area contributed by atoms with E-state index in [1.54, 1.807) is 0 Å². The number of carboxylic acids is 1. The molecule has 5 heteroatoms. The highest BCUT2D eigenvalue weighted by molar-refractivity contribution is 5.86. The SMILES string of the molecule is O=C(N[C@@H](Cc1ccc2ccccc2c1)C(=O)O)[C@@H]1CCOC1. The first-order valence-corrected chi connectivity index (χ1v) is 7.72. The van der Waals surface area contributed by atoms with Crippen LogP contribution in [-0.2, 0) is 20.7 Å². The summed E-state index contributed by atoms with van der Waals surface area (Å²) in [4.78, 5) is 23.6. The normalized spacial score (nSPS) is 18.7. The topological polar surface area (TPSA) is 75.6 Å². The van der Waals surface area contributed by atoms with Gasteiger partial charge < -0.3 is 15.2 Å². The van der Waals surface area contributed by atoms with Crippen LogP contribution in [0.25, 0.3) is 10.8 Å². The lowest BCUT2D eigenvalue weighted by atomic mass is 10.0. The van der Waals surface area contributed by atoms with Crippen LogP contribution in [0.15, 0.2) is 42.5 Å². The van der Waals surface area contributed by atoms with Gasteiger partial charge in [0.25, 0.3) is 0 Å². The molecule has 1 heterocycles. The molecule has 0 aliphatic carbocycles. The second kappa shape index (κ2) is 6.79. The van der Waals surface area contributed by atoms with Crippen molar-refractivity contribution in [3.63, 3.8) is 0 Å². The van der Waals surface area contributed by atoms with Crippen LogP contribution in [-0.4, -0.2) is 36.2 Å². The molecule has 1 amide bonds. The molecular formula is C18H19NO4. The lowest BCUT2D eigenvalue weighted by Gasteiger charge is -2.17. The molecule has 120 valence electrons. The maximum atomic E-state index is 12.1. The molecule has 5 nitrogen and oxygen atoms in total. The van der Waals surface area contributed by atoms with E-state index in [1.165, 1.54) is 0 Å². The Bertz CT molecular complexity index is 722. The van der Waals surface area contributed by atoms with Crippen LogP contribution in [0.3, 0.4) is 0 Å². The lowest BCUT2D eigenvalue weighted by molar-refractivity contribution is -0.142. The van der Waals surface area contributed by atoms with Gasteiger partial charge in [-0.3, -0.25) is 4.79 Å². The van der Waals surface area contributed by atoms with Gasteiger partial charge in [0.05, 0.1) is 12.5 Å². The number of ether oxygens (including phenoxy) is 1. The molecule has 1 aliphatic heterocycles. The zero-order chi connectivity index (χ0) is 16.2. The van der Waals surface area contributed by atoms with E-state index in [9.17, 15) is 14.7 Å². The van der Waals surface area contributed by atoms with E-state index in [4.69, 9.17) is 4.74 Å². The van der Waals surface area contributed by atoms with E-state index in [2.05, 4.69) is 5.32 Å². The van der Waals surface area contributed by atoms with Gasteiger partial charge >= 0.3 is 5.97 Å². The number of carboxylic acid groups (broad SMARTS) is 1. The smallest absolute Gasteiger partial charge is 0.326 e. The fourth-order valence-electron chi connectivity index (χ4n) is 2.83. The Hall–Kier alpha value is -2.40.